The van der Waals surface area contributed by atoms with Gasteiger partial charge in [0.15, 0.2) is 9.95 Å². The normalized spacial score (nSPS) is 8.95. The van der Waals surface area contributed by atoms with Gasteiger partial charge in [-0.15, -0.1) is 0 Å². The molecule has 0 amide bonds. The fourth-order valence-corrected chi connectivity index (χ4v) is 0.989. The van der Waals surface area contributed by atoms with Crippen LogP contribution >= 0.6 is 0 Å². The Balaban J connectivity index is 0. The molecule has 0 aliphatic heterocycles. The van der Waals surface area contributed by atoms with Crippen LogP contribution in [0.15, 0.2) is 60.7 Å². The van der Waals surface area contributed by atoms with Gasteiger partial charge in [-0.05, 0) is 0 Å². The molecular weight excluding hydrogens is 316 g/mol. The fourth-order valence-electron chi connectivity index (χ4n) is 0.989. The van der Waals surface area contributed by atoms with Gasteiger partial charge in [0.25, 0.3) is 0 Å². The molecule has 1 N–H and O–H groups in total. The minimum atomic E-state index is -2.86. The minimum absolute atomic E-state index is 0. The number of hydrogen-bond donors (Lipinski definition) is 1. The molecule has 2 aromatic rings. The van der Waals surface area contributed by atoms with E-state index >= 15 is 0 Å². The summed E-state index contributed by atoms with van der Waals surface area (Å²) in [5, 5.41) is 16.3. The highest BCUT2D eigenvalue weighted by Gasteiger charge is 1.96. The maximum absolute atomic E-state index is 8.56. The Labute approximate surface area is 130 Å². The fraction of sp³-hybridized carbons (Fsp3) is 0. The lowest BCUT2D eigenvalue weighted by Gasteiger charge is -1.83. The van der Waals surface area contributed by atoms with Crippen LogP contribution in [0.5, 0.6) is 0 Å². The summed E-state index contributed by atoms with van der Waals surface area (Å²) < 4.78 is 24.1. The molecule has 9 heteroatoms. The van der Waals surface area contributed by atoms with Crippen molar-refractivity contribution in [2.24, 2.45) is 0 Å². The lowest BCUT2D eigenvalue weighted by atomic mass is 10.3. The van der Waals surface area contributed by atoms with Crippen molar-refractivity contribution >= 4 is 22.7 Å². The zero-order valence-electron chi connectivity index (χ0n) is 10.6. The van der Waals surface area contributed by atoms with Crippen LogP contribution in [0.2, 0.25) is 0 Å². The molecule has 1 unspecified atom stereocenters. The Morgan fingerprint density at radius 3 is 1.24 bits per heavy atom. The van der Waals surface area contributed by atoms with E-state index in [1.165, 1.54) is 0 Å². The zero-order chi connectivity index (χ0) is 15.2. The maximum atomic E-state index is 8.56. The first-order valence-corrected chi connectivity index (χ1v) is 6.22. The molecule has 0 heterocycles. The van der Waals surface area contributed by atoms with Crippen molar-refractivity contribution in [2.45, 2.75) is 0 Å². The van der Waals surface area contributed by atoms with E-state index in [9.17, 15) is 0 Å². The van der Waals surface area contributed by atoms with Crippen molar-refractivity contribution in [3.05, 3.63) is 70.6 Å². The van der Waals surface area contributed by atoms with Crippen molar-refractivity contribution < 1.29 is 25.7 Å². The first kappa shape index (κ1) is 20.9. The third-order valence-corrected chi connectivity index (χ3v) is 1.74. The maximum Gasteiger partial charge on any atom is 0.385 e. The number of hydrogen-bond acceptors (Lipinski definition) is 4. The Morgan fingerprint density at radius 1 is 0.857 bits per heavy atom. The van der Waals surface area contributed by atoms with Crippen LogP contribution < -0.4 is 12.4 Å². The van der Waals surface area contributed by atoms with E-state index in [1.807, 2.05) is 36.4 Å². The summed E-state index contributed by atoms with van der Waals surface area (Å²) >= 11 is -2.86. The zero-order valence-corrected chi connectivity index (χ0v) is 12.2. The second-order valence-corrected chi connectivity index (χ2v) is 3.52. The average molecular weight is 327 g/mol. The SMILES string of the molecule is N#[N+]c1ccccc1.N#[N+]c1ccccc1.O=S([O-])O.[Cl-]. The smallest absolute Gasteiger partial charge is 0.385 e. The van der Waals surface area contributed by atoms with E-state index in [2.05, 4.69) is 9.95 Å². The summed E-state index contributed by atoms with van der Waals surface area (Å²) in [4.78, 5) is 5.94. The summed E-state index contributed by atoms with van der Waals surface area (Å²) in [5.74, 6) is 0. The van der Waals surface area contributed by atoms with Crippen LogP contribution in [-0.2, 0) is 11.4 Å². The van der Waals surface area contributed by atoms with Crippen LogP contribution in [-0.4, -0.2) is 13.3 Å². The monoisotopic (exact) mass is 326 g/mol. The van der Waals surface area contributed by atoms with Crippen LogP contribution in [0.1, 0.15) is 0 Å². The first-order valence-electron chi connectivity index (χ1n) is 5.18. The van der Waals surface area contributed by atoms with Crippen molar-refractivity contribution in [1.82, 2.24) is 0 Å². The summed E-state index contributed by atoms with van der Waals surface area (Å²) in [6, 6.07) is 17.9. The van der Waals surface area contributed by atoms with Gasteiger partial charge in [0.05, 0.1) is 11.4 Å². The van der Waals surface area contributed by atoms with Crippen LogP contribution in [0.25, 0.3) is 9.95 Å². The topological polar surface area (TPSA) is 117 Å². The van der Waals surface area contributed by atoms with Crippen LogP contribution in [0.4, 0.5) is 11.4 Å². The van der Waals surface area contributed by atoms with Crippen molar-refractivity contribution in [3.8, 4) is 0 Å². The molecule has 2 aromatic carbocycles. The van der Waals surface area contributed by atoms with E-state index < -0.39 is 11.4 Å². The van der Waals surface area contributed by atoms with Gasteiger partial charge in [-0.2, -0.15) is 0 Å². The van der Waals surface area contributed by atoms with Gasteiger partial charge in [-0.1, -0.05) is 36.4 Å². The van der Waals surface area contributed by atoms with Gasteiger partial charge < -0.3 is 21.5 Å². The van der Waals surface area contributed by atoms with Gasteiger partial charge in [0.2, 0.25) is 10.8 Å². The van der Waals surface area contributed by atoms with E-state index in [-0.39, 0.29) is 12.4 Å². The second kappa shape index (κ2) is 14.1. The predicted molar refractivity (Wildman–Crippen MR) is 73.9 cm³/mol. The molecule has 0 spiro atoms. The molecule has 21 heavy (non-hydrogen) atoms. The van der Waals surface area contributed by atoms with Crippen molar-refractivity contribution in [3.63, 3.8) is 0 Å². The number of nitrogens with zero attached hydrogens (tertiary/aromatic N) is 4. The molecular formula is C12H11ClN4O3S. The molecule has 0 aliphatic carbocycles. The second-order valence-electron chi connectivity index (χ2n) is 3.09. The van der Waals surface area contributed by atoms with Gasteiger partial charge in [0, 0.05) is 24.3 Å². The number of benzene rings is 2. The molecule has 0 fully saturated rings. The molecule has 1 atom stereocenters. The largest absolute Gasteiger partial charge is 1.00 e. The first-order chi connectivity index (χ1) is 9.60. The molecule has 0 aromatic heterocycles. The lowest BCUT2D eigenvalue weighted by Crippen LogP contribution is -3.00. The van der Waals surface area contributed by atoms with Gasteiger partial charge in [0.1, 0.15) is 0 Å². The molecule has 110 valence electrons. The molecule has 7 nitrogen and oxygen atoms in total. The summed E-state index contributed by atoms with van der Waals surface area (Å²) in [5.41, 5.74) is 1.18. The van der Waals surface area contributed by atoms with Gasteiger partial charge in [-0.3, -0.25) is 0 Å². The van der Waals surface area contributed by atoms with Gasteiger partial charge in [-0.25, -0.2) is 4.21 Å². The number of rotatable bonds is 0. The van der Waals surface area contributed by atoms with E-state index in [0.29, 0.717) is 11.4 Å². The quantitative estimate of drug-likeness (QED) is 0.564. The summed E-state index contributed by atoms with van der Waals surface area (Å²) in [7, 11) is 0. The summed E-state index contributed by atoms with van der Waals surface area (Å²) in [6.07, 6.45) is 0. The summed E-state index contributed by atoms with van der Waals surface area (Å²) in [6.45, 7) is 0. The Hall–Kier alpha value is -2.36. The van der Waals surface area contributed by atoms with Crippen molar-refractivity contribution in [1.29, 1.82) is 10.8 Å². The lowest BCUT2D eigenvalue weighted by molar-refractivity contribution is -0.00000879. The van der Waals surface area contributed by atoms with Crippen LogP contribution in [0, 0.1) is 10.8 Å². The predicted octanol–water partition coefficient (Wildman–Crippen LogP) is 0.685. The third kappa shape index (κ3) is 13.9. The third-order valence-electron chi connectivity index (χ3n) is 1.74. The molecule has 0 bridgehead atoms. The molecule has 0 radical (unpaired) electrons. The highest BCUT2D eigenvalue weighted by Crippen LogP contribution is 2.08. The van der Waals surface area contributed by atoms with E-state index in [1.54, 1.807) is 24.3 Å². The Morgan fingerprint density at radius 2 is 1.10 bits per heavy atom. The molecule has 2 rings (SSSR count). The van der Waals surface area contributed by atoms with Crippen molar-refractivity contribution in [2.75, 3.05) is 0 Å². The van der Waals surface area contributed by atoms with E-state index in [0.717, 1.165) is 0 Å². The minimum Gasteiger partial charge on any atom is -1.00 e. The highest BCUT2D eigenvalue weighted by atomic mass is 35.5. The Bertz CT molecular complexity index is 546. The highest BCUT2D eigenvalue weighted by molar-refractivity contribution is 7.73. The molecule has 0 saturated carbocycles. The van der Waals surface area contributed by atoms with Crippen LogP contribution in [0.3, 0.4) is 0 Å². The number of diazo groups is 2. The Kier molecular flexibility index (Phi) is 14.0. The standard InChI is InChI=1S/2C6H5N2.ClH.H2O3S/c2*7-8-6-4-2-1-3-5-6;;1-4(2)3/h2*1-5H;1H;(H2,1,2,3)/q2*+1;;/p-2. The van der Waals surface area contributed by atoms with Gasteiger partial charge >= 0.3 is 11.4 Å². The molecule has 0 aliphatic rings. The number of halogens is 1. The average Bonchev–Trinajstić information content (AvgIpc) is 2.49. The molecule has 0 saturated heterocycles. The van der Waals surface area contributed by atoms with E-state index in [4.69, 9.17) is 24.1 Å².